The molecule has 0 heterocycles. The lowest BCUT2D eigenvalue weighted by Crippen LogP contribution is -2.12. The summed E-state index contributed by atoms with van der Waals surface area (Å²) >= 11 is 0. The number of benzene rings is 1. The molecule has 0 aliphatic rings. The van der Waals surface area contributed by atoms with Crippen LogP contribution in [0.4, 0.5) is 10.1 Å². The normalized spacial score (nSPS) is 11.4. The number of nitrogens with two attached hydrogens (primary N) is 1. The first-order valence-electron chi connectivity index (χ1n) is 6.68. The smallest absolute Gasteiger partial charge is 0.167 e. The minimum Gasteiger partial charge on any atom is -0.491 e. The topological polar surface area (TPSA) is 44.5 Å². The van der Waals surface area contributed by atoms with Crippen LogP contribution in [0.15, 0.2) is 12.1 Å². The Hall–Kier alpha value is -1.45. The quantitative estimate of drug-likeness (QED) is 0.793. The highest BCUT2D eigenvalue weighted by Crippen LogP contribution is 2.31. The fourth-order valence-electron chi connectivity index (χ4n) is 1.46. The summed E-state index contributed by atoms with van der Waals surface area (Å²) in [5.41, 5.74) is 6.24. The molecule has 19 heavy (non-hydrogen) atoms. The Morgan fingerprint density at radius 2 is 1.74 bits per heavy atom. The highest BCUT2D eigenvalue weighted by atomic mass is 19.1. The van der Waals surface area contributed by atoms with Crippen LogP contribution in [0.2, 0.25) is 0 Å². The van der Waals surface area contributed by atoms with Crippen LogP contribution in [0.3, 0.4) is 0 Å². The van der Waals surface area contributed by atoms with Gasteiger partial charge in [-0.1, -0.05) is 27.7 Å². The van der Waals surface area contributed by atoms with E-state index in [1.165, 1.54) is 12.1 Å². The lowest BCUT2D eigenvalue weighted by Gasteiger charge is -2.19. The van der Waals surface area contributed by atoms with E-state index in [1.54, 1.807) is 0 Å². The van der Waals surface area contributed by atoms with Crippen LogP contribution in [-0.4, -0.2) is 13.2 Å². The van der Waals surface area contributed by atoms with Crippen molar-refractivity contribution >= 4 is 5.69 Å². The van der Waals surface area contributed by atoms with Gasteiger partial charge in [-0.15, -0.1) is 0 Å². The van der Waals surface area contributed by atoms with Gasteiger partial charge in [0.1, 0.15) is 5.75 Å². The van der Waals surface area contributed by atoms with Gasteiger partial charge in [0.25, 0.3) is 0 Å². The van der Waals surface area contributed by atoms with E-state index in [0.29, 0.717) is 24.7 Å². The number of anilines is 1. The summed E-state index contributed by atoms with van der Waals surface area (Å²) in [6.45, 7) is 9.41. The second kappa shape index (κ2) is 6.64. The highest BCUT2D eigenvalue weighted by molar-refractivity contribution is 5.56. The summed E-state index contributed by atoms with van der Waals surface area (Å²) in [6, 6.07) is 2.78. The van der Waals surface area contributed by atoms with Gasteiger partial charge in [-0.25, -0.2) is 4.39 Å². The molecule has 0 unspecified atom stereocenters. The van der Waals surface area contributed by atoms with Gasteiger partial charge in [-0.3, -0.25) is 0 Å². The molecule has 2 N–H and O–H groups in total. The van der Waals surface area contributed by atoms with Gasteiger partial charge >= 0.3 is 0 Å². The van der Waals surface area contributed by atoms with E-state index < -0.39 is 5.82 Å². The minimum absolute atomic E-state index is 0.191. The summed E-state index contributed by atoms with van der Waals surface area (Å²) in [7, 11) is 0. The Morgan fingerprint density at radius 3 is 2.32 bits per heavy atom. The van der Waals surface area contributed by atoms with Gasteiger partial charge < -0.3 is 15.2 Å². The van der Waals surface area contributed by atoms with Crippen LogP contribution < -0.4 is 15.2 Å². The summed E-state index contributed by atoms with van der Waals surface area (Å²) in [5, 5.41) is 0. The van der Waals surface area contributed by atoms with Crippen molar-refractivity contribution in [1.29, 1.82) is 0 Å². The molecule has 3 nitrogen and oxygen atoms in total. The molecule has 1 rings (SSSR count). The number of halogens is 1. The molecule has 0 radical (unpaired) electrons. The maximum absolute atomic E-state index is 13.6. The molecule has 0 amide bonds. The fourth-order valence-corrected chi connectivity index (χ4v) is 1.46. The summed E-state index contributed by atoms with van der Waals surface area (Å²) < 4.78 is 24.5. The van der Waals surface area contributed by atoms with E-state index in [4.69, 9.17) is 15.2 Å². The first kappa shape index (κ1) is 15.6. The van der Waals surface area contributed by atoms with Crippen LogP contribution in [0.25, 0.3) is 0 Å². The van der Waals surface area contributed by atoms with Crippen molar-refractivity contribution in [3.05, 3.63) is 17.9 Å². The van der Waals surface area contributed by atoms with Crippen LogP contribution in [0.5, 0.6) is 11.5 Å². The molecule has 1 aromatic rings. The summed E-state index contributed by atoms with van der Waals surface area (Å²) in [4.78, 5) is 0. The predicted octanol–water partition coefficient (Wildman–Crippen LogP) is 4.01. The number of hydrogen-bond donors (Lipinski definition) is 1. The third-order valence-corrected chi connectivity index (χ3v) is 2.64. The predicted molar refractivity (Wildman–Crippen MR) is 76.2 cm³/mol. The average Bonchev–Trinajstić information content (AvgIpc) is 2.29. The van der Waals surface area contributed by atoms with Crippen LogP contribution in [0, 0.1) is 11.2 Å². The third kappa shape index (κ3) is 5.37. The first-order valence-corrected chi connectivity index (χ1v) is 6.68. The second-order valence-corrected chi connectivity index (χ2v) is 5.83. The van der Waals surface area contributed by atoms with Crippen LogP contribution in [-0.2, 0) is 0 Å². The summed E-state index contributed by atoms with van der Waals surface area (Å²) in [5.74, 6) is 0.229. The molecule has 1 aromatic carbocycles. The Kier molecular flexibility index (Phi) is 5.45. The highest BCUT2D eigenvalue weighted by Gasteiger charge is 2.13. The second-order valence-electron chi connectivity index (χ2n) is 5.83. The molecule has 108 valence electrons. The third-order valence-electron chi connectivity index (χ3n) is 2.64. The van der Waals surface area contributed by atoms with Gasteiger partial charge in [-0.2, -0.15) is 0 Å². The number of ether oxygens (including phenoxy) is 2. The number of hydrogen-bond acceptors (Lipinski definition) is 3. The van der Waals surface area contributed by atoms with E-state index in [-0.39, 0.29) is 11.2 Å². The maximum Gasteiger partial charge on any atom is 0.167 e. The van der Waals surface area contributed by atoms with Crippen molar-refractivity contribution in [3.63, 3.8) is 0 Å². The number of rotatable bonds is 6. The largest absolute Gasteiger partial charge is 0.491 e. The van der Waals surface area contributed by atoms with Gasteiger partial charge in [0.05, 0.1) is 18.9 Å². The first-order chi connectivity index (χ1) is 8.83. The van der Waals surface area contributed by atoms with E-state index in [0.717, 1.165) is 12.8 Å². The zero-order chi connectivity index (χ0) is 14.5. The standard InChI is InChI=1S/C15H24FNO2/c1-5-7-18-13-10-14(12(17)9-11(13)16)19-8-6-15(2,3)4/h9-10H,5-8,17H2,1-4H3. The fraction of sp³-hybridized carbons (Fsp3) is 0.600. The van der Waals surface area contributed by atoms with Gasteiger partial charge in [0.15, 0.2) is 11.6 Å². The Labute approximate surface area is 114 Å². The van der Waals surface area contributed by atoms with Crippen LogP contribution >= 0.6 is 0 Å². The monoisotopic (exact) mass is 269 g/mol. The Balaban J connectivity index is 2.71. The Morgan fingerprint density at radius 1 is 1.11 bits per heavy atom. The molecular formula is C15H24FNO2. The molecule has 0 aromatic heterocycles. The zero-order valence-corrected chi connectivity index (χ0v) is 12.3. The van der Waals surface area contributed by atoms with Gasteiger partial charge in [0, 0.05) is 12.1 Å². The molecule has 0 fully saturated rings. The van der Waals surface area contributed by atoms with Gasteiger partial charge in [-0.05, 0) is 18.3 Å². The lowest BCUT2D eigenvalue weighted by molar-refractivity contribution is 0.241. The molecule has 0 bridgehead atoms. The van der Waals surface area contributed by atoms with Crippen molar-refractivity contribution in [2.45, 2.75) is 40.5 Å². The van der Waals surface area contributed by atoms with E-state index in [9.17, 15) is 4.39 Å². The Bertz CT molecular complexity index is 413. The molecular weight excluding hydrogens is 245 g/mol. The molecule has 0 saturated carbocycles. The minimum atomic E-state index is -0.450. The molecule has 0 aliphatic carbocycles. The van der Waals surface area contributed by atoms with E-state index in [2.05, 4.69) is 20.8 Å². The lowest BCUT2D eigenvalue weighted by atomic mass is 9.93. The van der Waals surface area contributed by atoms with Crippen molar-refractivity contribution in [2.75, 3.05) is 18.9 Å². The molecule has 0 atom stereocenters. The van der Waals surface area contributed by atoms with E-state index in [1.807, 2.05) is 6.92 Å². The van der Waals surface area contributed by atoms with Gasteiger partial charge in [0.2, 0.25) is 0 Å². The molecule has 4 heteroatoms. The van der Waals surface area contributed by atoms with Crippen molar-refractivity contribution < 1.29 is 13.9 Å². The van der Waals surface area contributed by atoms with Crippen molar-refractivity contribution in [3.8, 4) is 11.5 Å². The molecule has 0 saturated heterocycles. The molecule has 0 aliphatic heterocycles. The SMILES string of the molecule is CCCOc1cc(OCCC(C)(C)C)c(N)cc1F. The number of nitrogen functional groups attached to an aromatic ring is 1. The van der Waals surface area contributed by atoms with Crippen molar-refractivity contribution in [2.24, 2.45) is 5.41 Å². The van der Waals surface area contributed by atoms with Crippen LogP contribution in [0.1, 0.15) is 40.5 Å². The summed E-state index contributed by atoms with van der Waals surface area (Å²) in [6.07, 6.45) is 1.72. The van der Waals surface area contributed by atoms with E-state index >= 15 is 0 Å². The zero-order valence-electron chi connectivity index (χ0n) is 12.3. The van der Waals surface area contributed by atoms with Crippen molar-refractivity contribution in [1.82, 2.24) is 0 Å². The average molecular weight is 269 g/mol. The molecule has 0 spiro atoms. The maximum atomic E-state index is 13.6.